The zero-order valence-electron chi connectivity index (χ0n) is 16.5. The number of fused-ring (bicyclic) bond motifs is 1. The summed E-state index contributed by atoms with van der Waals surface area (Å²) in [5, 5.41) is 2.45. The van der Waals surface area contributed by atoms with Crippen LogP contribution in [0.3, 0.4) is 0 Å². The second-order valence-corrected chi connectivity index (χ2v) is 7.76. The van der Waals surface area contributed by atoms with E-state index in [0.717, 1.165) is 29.6 Å². The van der Waals surface area contributed by atoms with Crippen molar-refractivity contribution in [3.05, 3.63) is 29.3 Å². The summed E-state index contributed by atoms with van der Waals surface area (Å²) in [5.41, 5.74) is 3.55. The first-order chi connectivity index (χ1) is 13.0. The number of piperidine rings is 2. The molecule has 1 unspecified atom stereocenters. The fourth-order valence-electron chi connectivity index (χ4n) is 4.12. The fraction of sp³-hybridized carbons (Fsp3) is 0.571. The number of anilines is 1. The maximum absolute atomic E-state index is 12.3. The highest BCUT2D eigenvalue weighted by Gasteiger charge is 2.38. The average molecular weight is 388 g/mol. The van der Waals surface area contributed by atoms with Gasteiger partial charge in [0.05, 0.1) is 0 Å². The van der Waals surface area contributed by atoms with Crippen molar-refractivity contribution in [3.8, 4) is 0 Å². The molecule has 4 rings (SSSR count). The molecule has 3 heterocycles. The summed E-state index contributed by atoms with van der Waals surface area (Å²) in [4.78, 5) is 28.9. The Morgan fingerprint density at radius 1 is 1.11 bits per heavy atom. The number of amides is 2. The van der Waals surface area contributed by atoms with Gasteiger partial charge >= 0.3 is 0 Å². The van der Waals surface area contributed by atoms with Crippen LogP contribution in [0.5, 0.6) is 0 Å². The lowest BCUT2D eigenvalue weighted by atomic mass is 9.97. The van der Waals surface area contributed by atoms with Crippen LogP contribution in [-0.4, -0.2) is 40.8 Å². The maximum atomic E-state index is 12.3. The molecule has 27 heavy (non-hydrogen) atoms. The van der Waals surface area contributed by atoms with Gasteiger partial charge in [0.1, 0.15) is 11.0 Å². The summed E-state index contributed by atoms with van der Waals surface area (Å²) in [5.74, 6) is 0.376. The van der Waals surface area contributed by atoms with Crippen molar-refractivity contribution in [1.29, 1.82) is 0 Å². The van der Waals surface area contributed by atoms with Crippen LogP contribution >= 0.6 is 12.2 Å². The van der Waals surface area contributed by atoms with Gasteiger partial charge in [0.2, 0.25) is 11.8 Å². The zero-order valence-corrected chi connectivity index (χ0v) is 17.3. The quantitative estimate of drug-likeness (QED) is 0.624. The van der Waals surface area contributed by atoms with E-state index >= 15 is 0 Å². The predicted octanol–water partition coefficient (Wildman–Crippen LogP) is 3.25. The van der Waals surface area contributed by atoms with Crippen molar-refractivity contribution in [2.45, 2.75) is 59.0 Å². The molecule has 0 radical (unpaired) electrons. The van der Waals surface area contributed by atoms with E-state index in [4.69, 9.17) is 12.2 Å². The molecule has 146 valence electrons. The van der Waals surface area contributed by atoms with Gasteiger partial charge in [-0.15, -0.1) is 0 Å². The molecule has 0 aromatic heterocycles. The highest BCUT2D eigenvalue weighted by atomic mass is 32.1. The molecular weight excluding hydrogens is 358 g/mol. The lowest BCUT2D eigenvalue weighted by Crippen LogP contribution is -2.52. The fourth-order valence-corrected chi connectivity index (χ4v) is 4.50. The molecule has 3 aliphatic rings. The van der Waals surface area contributed by atoms with Gasteiger partial charge in [-0.3, -0.25) is 14.9 Å². The van der Waals surface area contributed by atoms with Crippen molar-refractivity contribution < 1.29 is 9.59 Å². The van der Waals surface area contributed by atoms with Gasteiger partial charge in [-0.2, -0.15) is 0 Å². The molecule has 3 aliphatic heterocycles. The molecule has 2 amide bonds. The van der Waals surface area contributed by atoms with E-state index in [2.05, 4.69) is 35.3 Å². The van der Waals surface area contributed by atoms with E-state index in [0.29, 0.717) is 19.4 Å². The third-order valence-electron chi connectivity index (χ3n) is 5.68. The number of nitrogens with one attached hydrogen (secondary N) is 1. The molecule has 5 nitrogen and oxygen atoms in total. The maximum Gasteiger partial charge on any atom is 0.249 e. The minimum atomic E-state index is -0.341. The summed E-state index contributed by atoms with van der Waals surface area (Å²) in [6, 6.07) is 5.95. The molecule has 6 heteroatoms. The van der Waals surface area contributed by atoms with Gasteiger partial charge in [0.25, 0.3) is 0 Å². The number of carbonyl (C=O) groups is 2. The molecule has 0 bridgehead atoms. The van der Waals surface area contributed by atoms with Crippen LogP contribution < -0.4 is 10.2 Å². The molecule has 2 saturated heterocycles. The third-order valence-corrected chi connectivity index (χ3v) is 6.14. The van der Waals surface area contributed by atoms with Crippen LogP contribution in [0.25, 0.3) is 0 Å². The molecule has 1 atom stereocenters. The normalized spacial score (nSPS) is 22.9. The lowest BCUT2D eigenvalue weighted by molar-refractivity contribution is -0.136. The van der Waals surface area contributed by atoms with Gasteiger partial charge in [0, 0.05) is 42.9 Å². The van der Waals surface area contributed by atoms with Crippen LogP contribution in [0, 0.1) is 5.92 Å². The van der Waals surface area contributed by atoms with Crippen LogP contribution in [-0.2, 0) is 16.1 Å². The Balaban J connectivity index is 0.00000102. The highest BCUT2D eigenvalue weighted by Crippen LogP contribution is 2.36. The van der Waals surface area contributed by atoms with Gasteiger partial charge in [-0.25, -0.2) is 0 Å². The summed E-state index contributed by atoms with van der Waals surface area (Å²) < 4.78 is 0. The molecular formula is C21H29N3O2S. The van der Waals surface area contributed by atoms with Gasteiger partial charge < -0.3 is 9.80 Å². The van der Waals surface area contributed by atoms with Crippen molar-refractivity contribution in [3.63, 3.8) is 0 Å². The number of thiocarbonyl (C=S) groups is 1. The lowest BCUT2D eigenvalue weighted by Gasteiger charge is -2.34. The number of rotatable bonds is 2. The number of benzene rings is 1. The van der Waals surface area contributed by atoms with E-state index in [9.17, 15) is 9.59 Å². The van der Waals surface area contributed by atoms with E-state index in [1.807, 2.05) is 18.7 Å². The van der Waals surface area contributed by atoms with Crippen molar-refractivity contribution in [2.75, 3.05) is 18.0 Å². The topological polar surface area (TPSA) is 52.6 Å². The zero-order chi connectivity index (χ0) is 19.6. The first-order valence-corrected chi connectivity index (χ1v) is 10.5. The molecule has 0 aliphatic carbocycles. The SMILES string of the molecule is CC.CC1CCN(c2cccc3c2CN(C2CCC(=O)NC2=O)C3=S)CC1. The molecule has 1 aromatic carbocycles. The summed E-state index contributed by atoms with van der Waals surface area (Å²) >= 11 is 5.68. The predicted molar refractivity (Wildman–Crippen MR) is 112 cm³/mol. The number of hydrogen-bond acceptors (Lipinski definition) is 4. The molecule has 1 N–H and O–H groups in total. The third kappa shape index (κ3) is 3.86. The van der Waals surface area contributed by atoms with Crippen LogP contribution in [0.1, 0.15) is 57.6 Å². The summed E-state index contributed by atoms with van der Waals surface area (Å²) in [6.07, 6.45) is 3.34. The number of imide groups is 1. The van der Waals surface area contributed by atoms with E-state index in [1.165, 1.54) is 24.1 Å². The number of carbonyl (C=O) groups excluding carboxylic acids is 2. The minimum absolute atomic E-state index is 0.188. The summed E-state index contributed by atoms with van der Waals surface area (Å²) in [7, 11) is 0. The molecule has 0 saturated carbocycles. The molecule has 0 spiro atoms. The van der Waals surface area contributed by atoms with Gasteiger partial charge in [-0.05, 0) is 31.2 Å². The van der Waals surface area contributed by atoms with E-state index < -0.39 is 0 Å². The number of nitrogens with zero attached hydrogens (tertiary/aromatic N) is 2. The Bertz CT molecular complexity index is 741. The van der Waals surface area contributed by atoms with E-state index in [1.54, 1.807) is 0 Å². The van der Waals surface area contributed by atoms with Gasteiger partial charge in [0.15, 0.2) is 0 Å². The van der Waals surface area contributed by atoms with Crippen molar-refractivity contribution >= 4 is 34.7 Å². The Labute approximate surface area is 167 Å². The van der Waals surface area contributed by atoms with Crippen molar-refractivity contribution in [1.82, 2.24) is 10.2 Å². The largest absolute Gasteiger partial charge is 0.371 e. The minimum Gasteiger partial charge on any atom is -0.371 e. The Morgan fingerprint density at radius 3 is 2.48 bits per heavy atom. The van der Waals surface area contributed by atoms with Crippen LogP contribution in [0.2, 0.25) is 0 Å². The number of hydrogen-bond donors (Lipinski definition) is 1. The molecule has 2 fully saturated rings. The highest BCUT2D eigenvalue weighted by molar-refractivity contribution is 7.80. The Morgan fingerprint density at radius 2 is 1.81 bits per heavy atom. The van der Waals surface area contributed by atoms with E-state index in [-0.39, 0.29) is 17.9 Å². The smallest absolute Gasteiger partial charge is 0.249 e. The van der Waals surface area contributed by atoms with Gasteiger partial charge in [-0.1, -0.05) is 45.1 Å². The summed E-state index contributed by atoms with van der Waals surface area (Å²) in [6.45, 7) is 9.11. The Hall–Kier alpha value is -1.95. The molecule has 1 aromatic rings. The second-order valence-electron chi connectivity index (χ2n) is 7.37. The standard InChI is InChI=1S/C19H23N3O2S.C2H6/c1-12-7-9-21(10-8-12)15-4-2-3-13-14(15)11-22(19(13)25)16-5-6-17(23)20-18(16)24;1-2/h2-4,12,16H,5-11H2,1H3,(H,20,23,24);1-2H3. The Kier molecular flexibility index (Phi) is 6.15. The second kappa shape index (κ2) is 8.38. The monoisotopic (exact) mass is 387 g/mol. The van der Waals surface area contributed by atoms with Crippen LogP contribution in [0.15, 0.2) is 18.2 Å². The average Bonchev–Trinajstić information content (AvgIpc) is 3.01. The first kappa shape index (κ1) is 19.8. The van der Waals surface area contributed by atoms with Crippen LogP contribution in [0.4, 0.5) is 5.69 Å². The van der Waals surface area contributed by atoms with Crippen molar-refractivity contribution in [2.24, 2.45) is 5.92 Å². The first-order valence-electron chi connectivity index (χ1n) is 10.1.